The van der Waals surface area contributed by atoms with Crippen LogP contribution in [0.1, 0.15) is 32.3 Å². The number of anilines is 1. The number of rotatable bonds is 3. The van der Waals surface area contributed by atoms with Crippen molar-refractivity contribution in [1.29, 1.82) is 0 Å². The van der Waals surface area contributed by atoms with Crippen LogP contribution in [-0.4, -0.2) is 25.7 Å². The van der Waals surface area contributed by atoms with Crippen molar-refractivity contribution in [2.24, 2.45) is 5.92 Å². The summed E-state index contributed by atoms with van der Waals surface area (Å²) in [6.07, 6.45) is 2.46. The van der Waals surface area contributed by atoms with Gasteiger partial charge < -0.3 is 10.2 Å². The first-order valence-corrected chi connectivity index (χ1v) is 8.15. The fourth-order valence-electron chi connectivity index (χ4n) is 2.76. The Hall–Kier alpha value is -0.540. The van der Waals surface area contributed by atoms with E-state index in [2.05, 4.69) is 65.1 Å². The number of halogens is 1. The summed E-state index contributed by atoms with van der Waals surface area (Å²) in [5.74, 6) is 0.730. The van der Waals surface area contributed by atoms with Crippen LogP contribution in [0, 0.1) is 12.8 Å². The molecule has 2 unspecified atom stereocenters. The van der Waals surface area contributed by atoms with Crippen LogP contribution in [0.4, 0.5) is 5.69 Å². The highest BCUT2D eigenvalue weighted by atomic mass is 79.9. The molecule has 1 aliphatic rings. The van der Waals surface area contributed by atoms with Crippen molar-refractivity contribution in [3.63, 3.8) is 0 Å². The number of benzene rings is 1. The van der Waals surface area contributed by atoms with E-state index in [1.807, 2.05) is 0 Å². The second kappa shape index (κ2) is 6.76. The van der Waals surface area contributed by atoms with Crippen molar-refractivity contribution < 1.29 is 0 Å². The third-order valence-corrected chi connectivity index (χ3v) is 4.76. The van der Waals surface area contributed by atoms with E-state index in [0.29, 0.717) is 6.04 Å². The summed E-state index contributed by atoms with van der Waals surface area (Å²) in [5, 5.41) is 3.71. The Balaban J connectivity index is 2.20. The van der Waals surface area contributed by atoms with E-state index >= 15 is 0 Å². The number of nitrogens with one attached hydrogen (secondary N) is 1. The SMILES string of the molecule is CCC(C)C1CN(c2cc(Br)ccc2C)CCCN1. The number of hydrogen-bond acceptors (Lipinski definition) is 2. The molecule has 1 fully saturated rings. The third kappa shape index (κ3) is 3.73. The first-order chi connectivity index (χ1) is 9.11. The zero-order valence-electron chi connectivity index (χ0n) is 12.2. The molecule has 2 atom stereocenters. The van der Waals surface area contributed by atoms with Crippen LogP contribution in [0.5, 0.6) is 0 Å². The lowest BCUT2D eigenvalue weighted by Crippen LogP contribution is -2.42. The minimum absolute atomic E-state index is 0.603. The maximum atomic E-state index is 3.71. The first kappa shape index (κ1) is 14.9. The van der Waals surface area contributed by atoms with Gasteiger partial charge in [0.15, 0.2) is 0 Å². The van der Waals surface area contributed by atoms with Crippen LogP contribution in [0.2, 0.25) is 0 Å². The fourth-order valence-corrected chi connectivity index (χ4v) is 3.11. The van der Waals surface area contributed by atoms with E-state index in [1.54, 1.807) is 0 Å². The van der Waals surface area contributed by atoms with Gasteiger partial charge in [-0.15, -0.1) is 0 Å². The molecule has 0 aliphatic carbocycles. The highest BCUT2D eigenvalue weighted by molar-refractivity contribution is 9.10. The van der Waals surface area contributed by atoms with Crippen molar-refractivity contribution in [1.82, 2.24) is 5.32 Å². The maximum Gasteiger partial charge on any atom is 0.0407 e. The van der Waals surface area contributed by atoms with Gasteiger partial charge in [0.1, 0.15) is 0 Å². The lowest BCUT2D eigenvalue weighted by molar-refractivity contribution is 0.384. The van der Waals surface area contributed by atoms with Crippen LogP contribution in [0.15, 0.2) is 22.7 Å². The Morgan fingerprint density at radius 1 is 1.47 bits per heavy atom. The zero-order chi connectivity index (χ0) is 13.8. The average molecular weight is 325 g/mol. The highest BCUT2D eigenvalue weighted by Gasteiger charge is 2.22. The largest absolute Gasteiger partial charge is 0.370 e. The van der Waals surface area contributed by atoms with Gasteiger partial charge in [0.05, 0.1) is 0 Å². The van der Waals surface area contributed by atoms with Gasteiger partial charge in [-0.25, -0.2) is 0 Å². The average Bonchev–Trinajstić information content (AvgIpc) is 2.66. The van der Waals surface area contributed by atoms with E-state index in [-0.39, 0.29) is 0 Å². The number of aryl methyl sites for hydroxylation is 1. The maximum absolute atomic E-state index is 3.71. The van der Waals surface area contributed by atoms with Gasteiger partial charge in [-0.3, -0.25) is 0 Å². The summed E-state index contributed by atoms with van der Waals surface area (Å²) in [5.41, 5.74) is 2.75. The molecule has 0 radical (unpaired) electrons. The van der Waals surface area contributed by atoms with Gasteiger partial charge in [-0.2, -0.15) is 0 Å². The molecule has 106 valence electrons. The molecule has 1 aromatic carbocycles. The molecular formula is C16H25BrN2. The van der Waals surface area contributed by atoms with E-state index in [0.717, 1.165) is 25.6 Å². The molecule has 1 aliphatic heterocycles. The van der Waals surface area contributed by atoms with Gasteiger partial charge in [0, 0.05) is 29.3 Å². The molecule has 0 saturated carbocycles. The van der Waals surface area contributed by atoms with Crippen LogP contribution < -0.4 is 10.2 Å². The monoisotopic (exact) mass is 324 g/mol. The summed E-state index contributed by atoms with van der Waals surface area (Å²) >= 11 is 3.60. The molecular weight excluding hydrogens is 300 g/mol. The van der Waals surface area contributed by atoms with Crippen molar-refractivity contribution >= 4 is 21.6 Å². The predicted molar refractivity (Wildman–Crippen MR) is 87.0 cm³/mol. The quantitative estimate of drug-likeness (QED) is 0.904. The molecule has 1 aromatic rings. The number of nitrogens with zero attached hydrogens (tertiary/aromatic N) is 1. The smallest absolute Gasteiger partial charge is 0.0407 e. The summed E-state index contributed by atoms with van der Waals surface area (Å²) in [6, 6.07) is 7.19. The van der Waals surface area contributed by atoms with E-state index in [9.17, 15) is 0 Å². The van der Waals surface area contributed by atoms with E-state index in [4.69, 9.17) is 0 Å². The van der Waals surface area contributed by atoms with Crippen molar-refractivity contribution in [2.45, 2.75) is 39.7 Å². The molecule has 1 heterocycles. The molecule has 2 nitrogen and oxygen atoms in total. The summed E-state index contributed by atoms with van der Waals surface area (Å²) in [6.45, 7) is 10.3. The van der Waals surface area contributed by atoms with E-state index < -0.39 is 0 Å². The van der Waals surface area contributed by atoms with Gasteiger partial charge in [0.25, 0.3) is 0 Å². The van der Waals surface area contributed by atoms with Gasteiger partial charge >= 0.3 is 0 Å². The highest BCUT2D eigenvalue weighted by Crippen LogP contribution is 2.26. The standard InChI is InChI=1S/C16H25BrN2/c1-4-12(2)15-11-19(9-5-8-18-15)16-10-14(17)7-6-13(16)3/h6-7,10,12,15,18H,4-5,8-9,11H2,1-3H3. The minimum Gasteiger partial charge on any atom is -0.370 e. The lowest BCUT2D eigenvalue weighted by atomic mass is 9.98. The van der Waals surface area contributed by atoms with Gasteiger partial charge in [-0.1, -0.05) is 42.3 Å². The van der Waals surface area contributed by atoms with Crippen molar-refractivity contribution in [3.8, 4) is 0 Å². The van der Waals surface area contributed by atoms with Gasteiger partial charge in [0.2, 0.25) is 0 Å². The zero-order valence-corrected chi connectivity index (χ0v) is 13.8. The molecule has 1 saturated heterocycles. The third-order valence-electron chi connectivity index (χ3n) is 4.27. The molecule has 0 aromatic heterocycles. The Morgan fingerprint density at radius 2 is 2.26 bits per heavy atom. The lowest BCUT2D eigenvalue weighted by Gasteiger charge is -2.30. The Bertz CT molecular complexity index is 419. The number of hydrogen-bond donors (Lipinski definition) is 1. The van der Waals surface area contributed by atoms with Crippen molar-refractivity contribution in [3.05, 3.63) is 28.2 Å². The molecule has 3 heteroatoms. The van der Waals surface area contributed by atoms with Crippen LogP contribution in [-0.2, 0) is 0 Å². The summed E-state index contributed by atoms with van der Waals surface area (Å²) in [7, 11) is 0. The Morgan fingerprint density at radius 3 is 3.00 bits per heavy atom. The van der Waals surface area contributed by atoms with Crippen LogP contribution in [0.3, 0.4) is 0 Å². The second-order valence-electron chi connectivity index (χ2n) is 5.68. The molecule has 1 N–H and O–H groups in total. The van der Waals surface area contributed by atoms with Gasteiger partial charge in [-0.05, 0) is 43.5 Å². The normalized spacial score (nSPS) is 22.1. The summed E-state index contributed by atoms with van der Waals surface area (Å²) in [4.78, 5) is 2.55. The molecule has 2 rings (SSSR count). The molecule has 0 amide bonds. The molecule has 0 spiro atoms. The predicted octanol–water partition coefficient (Wildman–Crippen LogP) is 3.97. The Labute approximate surface area is 125 Å². The topological polar surface area (TPSA) is 15.3 Å². The van der Waals surface area contributed by atoms with Crippen molar-refractivity contribution in [2.75, 3.05) is 24.5 Å². The first-order valence-electron chi connectivity index (χ1n) is 7.36. The van der Waals surface area contributed by atoms with Crippen LogP contribution >= 0.6 is 15.9 Å². The minimum atomic E-state index is 0.603. The molecule has 19 heavy (non-hydrogen) atoms. The molecule has 0 bridgehead atoms. The second-order valence-corrected chi connectivity index (χ2v) is 6.59. The van der Waals surface area contributed by atoms with Crippen LogP contribution in [0.25, 0.3) is 0 Å². The Kier molecular flexibility index (Phi) is 5.28. The fraction of sp³-hybridized carbons (Fsp3) is 0.625. The van der Waals surface area contributed by atoms with E-state index in [1.165, 1.54) is 28.6 Å². The summed E-state index contributed by atoms with van der Waals surface area (Å²) < 4.78 is 1.17.